The number of nitrogens with zero attached hydrogens (tertiary/aromatic N) is 2. The van der Waals surface area contributed by atoms with Gasteiger partial charge in [0.1, 0.15) is 11.6 Å². The van der Waals surface area contributed by atoms with Gasteiger partial charge >= 0.3 is 6.03 Å². The van der Waals surface area contributed by atoms with Gasteiger partial charge in [0.15, 0.2) is 0 Å². The van der Waals surface area contributed by atoms with Crippen LogP contribution in [0.4, 0.5) is 14.9 Å². The highest BCUT2D eigenvalue weighted by molar-refractivity contribution is 5.90. The van der Waals surface area contributed by atoms with E-state index in [2.05, 4.69) is 15.5 Å². The zero-order valence-electron chi connectivity index (χ0n) is 21.5. The number of halogens is 1. The topological polar surface area (TPSA) is 83.1 Å². The number of anilines is 1. The lowest BCUT2D eigenvalue weighted by Crippen LogP contribution is -2.51. The van der Waals surface area contributed by atoms with Crippen molar-refractivity contribution in [2.75, 3.05) is 58.4 Å². The summed E-state index contributed by atoms with van der Waals surface area (Å²) in [5.74, 6) is 0.797. The van der Waals surface area contributed by atoms with E-state index in [1.807, 2.05) is 29.2 Å². The number of rotatable bonds is 9. The highest BCUT2D eigenvalue weighted by atomic mass is 19.1. The van der Waals surface area contributed by atoms with Crippen molar-refractivity contribution < 1.29 is 23.5 Å². The van der Waals surface area contributed by atoms with Crippen molar-refractivity contribution >= 4 is 17.6 Å². The smallest absolute Gasteiger partial charge is 0.319 e. The van der Waals surface area contributed by atoms with E-state index in [9.17, 15) is 14.0 Å². The van der Waals surface area contributed by atoms with Crippen molar-refractivity contribution in [3.05, 3.63) is 59.9 Å². The van der Waals surface area contributed by atoms with Gasteiger partial charge in [0.05, 0.1) is 26.4 Å². The molecule has 0 saturated carbocycles. The molecule has 2 aliphatic rings. The van der Waals surface area contributed by atoms with E-state index in [1.165, 1.54) is 12.1 Å². The largest absolute Gasteiger partial charge is 0.497 e. The average molecular weight is 513 g/mol. The first-order chi connectivity index (χ1) is 18.0. The van der Waals surface area contributed by atoms with Gasteiger partial charge in [-0.25, -0.2) is 9.18 Å². The third kappa shape index (κ3) is 8.43. The Morgan fingerprint density at radius 1 is 1.14 bits per heavy atom. The number of morpholine rings is 1. The Bertz CT molecular complexity index is 1030. The van der Waals surface area contributed by atoms with Gasteiger partial charge in [0.2, 0.25) is 5.91 Å². The molecule has 2 atom stereocenters. The van der Waals surface area contributed by atoms with Gasteiger partial charge in [-0.05, 0) is 55.0 Å². The fraction of sp³-hybridized carbons (Fsp3) is 0.500. The molecule has 8 nitrogen and oxygen atoms in total. The van der Waals surface area contributed by atoms with Crippen LogP contribution in [0.25, 0.3) is 0 Å². The molecular formula is C28H37FN4O4. The minimum absolute atomic E-state index is 0.0451. The molecule has 2 fully saturated rings. The molecule has 9 heteroatoms. The quantitative estimate of drug-likeness (QED) is 0.537. The number of hydrogen-bond acceptors (Lipinski definition) is 5. The number of likely N-dealkylation sites (tertiary alicyclic amines) is 1. The second kappa shape index (κ2) is 13.4. The van der Waals surface area contributed by atoms with Crippen molar-refractivity contribution in [2.45, 2.75) is 31.7 Å². The number of carbonyl (C=O) groups excluding carboxylic acids is 2. The van der Waals surface area contributed by atoms with Crippen LogP contribution in [0.1, 0.15) is 24.8 Å². The lowest BCUT2D eigenvalue weighted by atomic mass is 9.91. The Morgan fingerprint density at radius 3 is 2.68 bits per heavy atom. The Hall–Kier alpha value is -3.17. The monoisotopic (exact) mass is 512 g/mol. The predicted molar refractivity (Wildman–Crippen MR) is 140 cm³/mol. The summed E-state index contributed by atoms with van der Waals surface area (Å²) in [6.07, 6.45) is 3.03. The van der Waals surface area contributed by atoms with Crippen molar-refractivity contribution in [3.8, 4) is 5.75 Å². The molecule has 37 heavy (non-hydrogen) atoms. The molecule has 0 aromatic heterocycles. The molecule has 3 amide bonds. The number of benzene rings is 2. The Morgan fingerprint density at radius 2 is 1.92 bits per heavy atom. The molecule has 2 aromatic carbocycles. The number of piperidine rings is 1. The summed E-state index contributed by atoms with van der Waals surface area (Å²) in [5.41, 5.74) is 1.70. The molecule has 2 heterocycles. The first-order valence-electron chi connectivity index (χ1n) is 13.0. The van der Waals surface area contributed by atoms with Crippen LogP contribution in [-0.2, 0) is 16.0 Å². The second-order valence-electron chi connectivity index (χ2n) is 9.82. The molecule has 2 saturated heterocycles. The van der Waals surface area contributed by atoms with Gasteiger partial charge in [-0.15, -0.1) is 0 Å². The van der Waals surface area contributed by atoms with Crippen LogP contribution in [0.2, 0.25) is 0 Å². The summed E-state index contributed by atoms with van der Waals surface area (Å²) in [6.45, 7) is 4.81. The summed E-state index contributed by atoms with van der Waals surface area (Å²) >= 11 is 0. The van der Waals surface area contributed by atoms with Crippen LogP contribution >= 0.6 is 0 Å². The summed E-state index contributed by atoms with van der Waals surface area (Å²) in [6, 6.07) is 13.1. The minimum Gasteiger partial charge on any atom is -0.497 e. The molecule has 200 valence electrons. The van der Waals surface area contributed by atoms with Gasteiger partial charge in [-0.2, -0.15) is 0 Å². The van der Waals surface area contributed by atoms with E-state index < -0.39 is 0 Å². The fourth-order valence-electron chi connectivity index (χ4n) is 5.06. The molecule has 2 aromatic rings. The van der Waals surface area contributed by atoms with Crippen LogP contribution in [0.5, 0.6) is 5.75 Å². The van der Waals surface area contributed by atoms with E-state index in [1.54, 1.807) is 19.2 Å². The van der Waals surface area contributed by atoms with E-state index in [-0.39, 0.29) is 30.2 Å². The summed E-state index contributed by atoms with van der Waals surface area (Å²) in [7, 11) is 1.58. The normalized spacial score (nSPS) is 19.2. The van der Waals surface area contributed by atoms with Crippen LogP contribution in [-0.4, -0.2) is 80.8 Å². The molecule has 0 radical (unpaired) electrons. The number of amides is 3. The van der Waals surface area contributed by atoms with Gasteiger partial charge < -0.3 is 25.0 Å². The van der Waals surface area contributed by atoms with Crippen LogP contribution in [0, 0.1) is 11.7 Å². The summed E-state index contributed by atoms with van der Waals surface area (Å²) in [5, 5.41) is 5.87. The number of nitrogens with one attached hydrogen (secondary N) is 2. The number of hydrogen-bond donors (Lipinski definition) is 2. The molecule has 2 N–H and O–H groups in total. The van der Waals surface area contributed by atoms with Crippen molar-refractivity contribution in [2.24, 2.45) is 5.92 Å². The molecule has 0 spiro atoms. The maximum absolute atomic E-state index is 13.4. The number of urea groups is 1. The molecule has 4 rings (SSSR count). The minimum atomic E-state index is -0.354. The van der Waals surface area contributed by atoms with Crippen molar-refractivity contribution in [1.29, 1.82) is 0 Å². The highest BCUT2D eigenvalue weighted by Gasteiger charge is 2.28. The first kappa shape index (κ1) is 26.9. The lowest BCUT2D eigenvalue weighted by molar-refractivity contribution is -0.133. The summed E-state index contributed by atoms with van der Waals surface area (Å²) in [4.78, 5) is 30.3. The molecular weight excluding hydrogens is 475 g/mol. The van der Waals surface area contributed by atoms with Crippen LogP contribution in [0.15, 0.2) is 48.5 Å². The zero-order chi connectivity index (χ0) is 26.0. The second-order valence-corrected chi connectivity index (χ2v) is 9.82. The maximum Gasteiger partial charge on any atom is 0.319 e. The van der Waals surface area contributed by atoms with E-state index in [0.29, 0.717) is 43.7 Å². The predicted octanol–water partition coefficient (Wildman–Crippen LogP) is 3.53. The van der Waals surface area contributed by atoms with Gasteiger partial charge in [-0.3, -0.25) is 9.69 Å². The molecule has 1 unspecified atom stereocenters. The van der Waals surface area contributed by atoms with Crippen molar-refractivity contribution in [1.82, 2.24) is 15.1 Å². The van der Waals surface area contributed by atoms with Crippen LogP contribution in [0.3, 0.4) is 0 Å². The van der Waals surface area contributed by atoms with Gasteiger partial charge in [0, 0.05) is 50.9 Å². The zero-order valence-corrected chi connectivity index (χ0v) is 21.5. The van der Waals surface area contributed by atoms with Gasteiger partial charge in [-0.1, -0.05) is 18.2 Å². The fourth-order valence-corrected chi connectivity index (χ4v) is 5.06. The Labute approximate surface area is 218 Å². The number of methoxy groups -OCH3 is 1. The van der Waals surface area contributed by atoms with E-state index in [4.69, 9.17) is 9.47 Å². The maximum atomic E-state index is 13.4. The highest BCUT2D eigenvalue weighted by Crippen LogP contribution is 2.22. The lowest BCUT2D eigenvalue weighted by Gasteiger charge is -2.35. The molecule has 0 bridgehead atoms. The standard InChI is InChI=1S/C28H37FN4O4/c1-36-26-6-2-5-24(17-26)30-28(35)31-25(20-32-12-14-37-15-13-32)18-27(34)33-11-3-4-22(19-33)16-21-7-9-23(29)10-8-21/h2,5-10,17,22,25H,3-4,11-16,18-20H2,1H3,(H2,30,31,35)/t22?,25-/m0/s1. The van der Waals surface area contributed by atoms with Crippen molar-refractivity contribution in [3.63, 3.8) is 0 Å². The first-order valence-corrected chi connectivity index (χ1v) is 13.0. The van der Waals surface area contributed by atoms with Gasteiger partial charge in [0.25, 0.3) is 0 Å². The Kier molecular flexibility index (Phi) is 9.73. The number of ether oxygens (including phenoxy) is 2. The molecule has 0 aliphatic carbocycles. The van der Waals surface area contributed by atoms with Crippen LogP contribution < -0.4 is 15.4 Å². The van der Waals surface area contributed by atoms with E-state index >= 15 is 0 Å². The van der Waals surface area contributed by atoms with E-state index in [0.717, 1.165) is 44.5 Å². The third-order valence-corrected chi connectivity index (χ3v) is 6.98. The Balaban J connectivity index is 1.35. The average Bonchev–Trinajstić information content (AvgIpc) is 2.90. The third-order valence-electron chi connectivity index (χ3n) is 6.98. The molecule has 2 aliphatic heterocycles. The SMILES string of the molecule is COc1cccc(NC(=O)N[C@@H](CC(=O)N2CCCC(Cc3ccc(F)cc3)C2)CN2CCOCC2)c1. The summed E-state index contributed by atoms with van der Waals surface area (Å²) < 4.78 is 24.0. The number of carbonyl (C=O) groups is 2.